The van der Waals surface area contributed by atoms with Gasteiger partial charge >= 0.3 is 12.5 Å². The number of alkyl halides is 6. The topological polar surface area (TPSA) is 78.8 Å². The molecule has 12 heteroatoms. The third-order valence-electron chi connectivity index (χ3n) is 3.30. The van der Waals surface area contributed by atoms with Crippen LogP contribution in [0.2, 0.25) is 0 Å². The third kappa shape index (κ3) is 4.27. The molecule has 6 nitrogen and oxygen atoms in total. The van der Waals surface area contributed by atoms with Gasteiger partial charge in [0.1, 0.15) is 12.1 Å². The molecule has 27 heavy (non-hydrogen) atoms. The first kappa shape index (κ1) is 18.5. The Morgan fingerprint density at radius 2 is 1.70 bits per heavy atom. The lowest BCUT2D eigenvalue weighted by atomic mass is 10.1. The molecule has 0 fully saturated rings. The fourth-order valence-corrected chi connectivity index (χ4v) is 2.15. The van der Waals surface area contributed by atoms with Gasteiger partial charge < -0.3 is 10.5 Å². The first-order valence-electron chi connectivity index (χ1n) is 7.14. The molecule has 0 atom stereocenters. The van der Waals surface area contributed by atoms with Crippen LogP contribution in [0.3, 0.4) is 0 Å². The lowest BCUT2D eigenvalue weighted by molar-refractivity contribution is -0.274. The summed E-state index contributed by atoms with van der Waals surface area (Å²) < 4.78 is 80.0. The minimum atomic E-state index is -4.85. The Kier molecular flexibility index (Phi) is 4.41. The predicted molar refractivity (Wildman–Crippen MR) is 80.7 cm³/mol. The molecule has 0 saturated carbocycles. The lowest BCUT2D eigenvalue weighted by Gasteiger charge is -2.10. The Morgan fingerprint density at radius 3 is 2.30 bits per heavy atom. The molecular formula is C15H9F6N5O. The van der Waals surface area contributed by atoms with Crippen molar-refractivity contribution in [2.24, 2.45) is 0 Å². The van der Waals surface area contributed by atoms with Crippen LogP contribution in [0.15, 0.2) is 42.9 Å². The molecule has 0 saturated heterocycles. The van der Waals surface area contributed by atoms with E-state index in [0.29, 0.717) is 0 Å². The molecule has 0 bridgehead atoms. The van der Waals surface area contributed by atoms with E-state index in [4.69, 9.17) is 5.73 Å². The molecule has 2 N–H and O–H groups in total. The monoisotopic (exact) mass is 389 g/mol. The maximum absolute atomic E-state index is 12.9. The highest BCUT2D eigenvalue weighted by Crippen LogP contribution is 2.35. The molecule has 2 aromatic heterocycles. The van der Waals surface area contributed by atoms with Gasteiger partial charge in [-0.05, 0) is 30.3 Å². The van der Waals surface area contributed by atoms with Gasteiger partial charge in [-0.3, -0.25) is 0 Å². The van der Waals surface area contributed by atoms with E-state index in [1.165, 1.54) is 12.1 Å². The Balaban J connectivity index is 1.87. The molecule has 0 spiro atoms. The maximum Gasteiger partial charge on any atom is 0.573 e. The lowest BCUT2D eigenvalue weighted by Crippen LogP contribution is -2.17. The molecule has 142 valence electrons. The van der Waals surface area contributed by atoms with E-state index < -0.39 is 29.5 Å². The minimum Gasteiger partial charge on any atom is -0.404 e. The summed E-state index contributed by atoms with van der Waals surface area (Å²) in [6, 6.07) is 5.41. The fourth-order valence-electron chi connectivity index (χ4n) is 2.15. The number of hydrogen-bond donors (Lipinski definition) is 1. The highest BCUT2D eigenvalue weighted by molar-refractivity contribution is 5.63. The first-order chi connectivity index (χ1) is 12.5. The number of hydrogen-bond acceptors (Lipinski definition) is 5. The van der Waals surface area contributed by atoms with Gasteiger partial charge in [-0.25, -0.2) is 14.6 Å². The van der Waals surface area contributed by atoms with Crippen molar-refractivity contribution in [1.29, 1.82) is 0 Å². The van der Waals surface area contributed by atoms with Crippen molar-refractivity contribution in [2.75, 3.05) is 5.73 Å². The van der Waals surface area contributed by atoms with Crippen LogP contribution in [-0.4, -0.2) is 26.1 Å². The second-order valence-electron chi connectivity index (χ2n) is 5.21. The quantitative estimate of drug-likeness (QED) is 0.544. The Labute approximate surface area is 147 Å². The summed E-state index contributed by atoms with van der Waals surface area (Å²) >= 11 is 0. The molecule has 0 radical (unpaired) electrons. The third-order valence-corrected chi connectivity index (χ3v) is 3.30. The Morgan fingerprint density at radius 1 is 0.963 bits per heavy atom. The second-order valence-corrected chi connectivity index (χ2v) is 5.21. The molecule has 1 aromatic carbocycles. The highest BCUT2D eigenvalue weighted by Gasteiger charge is 2.33. The van der Waals surface area contributed by atoms with Crippen molar-refractivity contribution in [2.45, 2.75) is 12.5 Å². The molecule has 0 amide bonds. The van der Waals surface area contributed by atoms with E-state index in [-0.39, 0.29) is 17.2 Å². The Bertz CT molecular complexity index is 949. The number of aromatic nitrogens is 4. The molecule has 2 heterocycles. The minimum absolute atomic E-state index is 0.0436. The average molecular weight is 389 g/mol. The van der Waals surface area contributed by atoms with E-state index in [0.717, 1.165) is 35.4 Å². The van der Waals surface area contributed by atoms with Crippen LogP contribution in [0.1, 0.15) is 5.56 Å². The van der Waals surface area contributed by atoms with E-state index >= 15 is 0 Å². The van der Waals surface area contributed by atoms with Gasteiger partial charge in [0, 0.05) is 11.3 Å². The summed E-state index contributed by atoms with van der Waals surface area (Å²) in [5.41, 5.74) is 3.94. The number of pyridine rings is 1. The highest BCUT2D eigenvalue weighted by atomic mass is 19.4. The summed E-state index contributed by atoms with van der Waals surface area (Å²) in [7, 11) is 0. The normalized spacial score (nSPS) is 12.2. The van der Waals surface area contributed by atoms with Gasteiger partial charge in [0.05, 0.1) is 11.8 Å². The van der Waals surface area contributed by atoms with E-state index in [2.05, 4.69) is 19.8 Å². The van der Waals surface area contributed by atoms with Crippen molar-refractivity contribution in [3.05, 3.63) is 48.4 Å². The predicted octanol–water partition coefficient (Wildman–Crippen LogP) is 3.83. The number of nitrogens with two attached hydrogens (primary N) is 1. The van der Waals surface area contributed by atoms with E-state index in [1.807, 2.05) is 0 Å². The first-order valence-corrected chi connectivity index (χ1v) is 7.14. The van der Waals surface area contributed by atoms with Crippen molar-refractivity contribution >= 4 is 5.69 Å². The molecule has 0 unspecified atom stereocenters. The van der Waals surface area contributed by atoms with Gasteiger partial charge in [0.2, 0.25) is 0 Å². The summed E-state index contributed by atoms with van der Waals surface area (Å²) in [6.45, 7) is 0. The van der Waals surface area contributed by atoms with E-state index in [9.17, 15) is 26.3 Å². The van der Waals surface area contributed by atoms with Crippen LogP contribution >= 0.6 is 0 Å². The summed E-state index contributed by atoms with van der Waals surface area (Å²) in [5, 5.41) is 3.98. The summed E-state index contributed by atoms with van der Waals surface area (Å²) in [4.78, 5) is 7.64. The average Bonchev–Trinajstić information content (AvgIpc) is 3.03. The summed E-state index contributed by atoms with van der Waals surface area (Å²) in [5.74, 6) is -0.479. The summed E-state index contributed by atoms with van der Waals surface area (Å²) in [6.07, 6.45) is -7.51. The van der Waals surface area contributed by atoms with Crippen LogP contribution in [0.4, 0.5) is 32.0 Å². The van der Waals surface area contributed by atoms with Crippen LogP contribution in [0.25, 0.3) is 17.2 Å². The van der Waals surface area contributed by atoms with Crippen molar-refractivity contribution in [3.63, 3.8) is 0 Å². The van der Waals surface area contributed by atoms with E-state index in [1.54, 1.807) is 0 Å². The second kappa shape index (κ2) is 6.45. The zero-order chi connectivity index (χ0) is 19.8. The number of anilines is 1. The molecule has 0 aliphatic heterocycles. The van der Waals surface area contributed by atoms with Gasteiger partial charge in [-0.15, -0.1) is 18.3 Å². The fraction of sp³-hybridized carbons (Fsp3) is 0.133. The maximum atomic E-state index is 12.9. The van der Waals surface area contributed by atoms with Gasteiger partial charge in [0.15, 0.2) is 11.6 Å². The van der Waals surface area contributed by atoms with Crippen LogP contribution in [0.5, 0.6) is 5.75 Å². The van der Waals surface area contributed by atoms with Gasteiger partial charge in [-0.2, -0.15) is 13.2 Å². The molecule has 0 aliphatic rings. The SMILES string of the molecule is Nc1ccc(-c2ncn(-c3ccc(OC(F)(F)F)cn3)n2)cc1C(F)(F)F. The number of nitrogens with zero attached hydrogens (tertiary/aromatic N) is 4. The van der Waals surface area contributed by atoms with Gasteiger partial charge in [-0.1, -0.05) is 0 Å². The number of halogens is 6. The zero-order valence-corrected chi connectivity index (χ0v) is 13.1. The molecule has 3 rings (SSSR count). The molecule has 3 aromatic rings. The number of benzene rings is 1. The van der Waals surface area contributed by atoms with Crippen LogP contribution in [-0.2, 0) is 6.18 Å². The number of rotatable bonds is 3. The van der Waals surface area contributed by atoms with Gasteiger partial charge in [0.25, 0.3) is 0 Å². The smallest absolute Gasteiger partial charge is 0.404 e. The molecular weight excluding hydrogens is 380 g/mol. The van der Waals surface area contributed by atoms with Crippen molar-refractivity contribution in [1.82, 2.24) is 19.7 Å². The standard InChI is InChI=1S/C15H9F6N5O/c16-14(17,18)10-5-8(1-3-11(10)22)13-24-7-26(25-13)12-4-2-9(6-23-12)27-15(19,20)21/h1-7H,22H2. The van der Waals surface area contributed by atoms with Crippen molar-refractivity contribution in [3.8, 4) is 23.0 Å². The van der Waals surface area contributed by atoms with Crippen LogP contribution < -0.4 is 10.5 Å². The van der Waals surface area contributed by atoms with Crippen LogP contribution in [0, 0.1) is 0 Å². The largest absolute Gasteiger partial charge is 0.573 e. The molecule has 0 aliphatic carbocycles. The number of ether oxygens (including phenoxy) is 1. The zero-order valence-electron chi connectivity index (χ0n) is 13.1. The Hall–Kier alpha value is -3.31. The number of nitrogen functional groups attached to an aromatic ring is 1. The van der Waals surface area contributed by atoms with Crippen molar-refractivity contribution < 1.29 is 31.1 Å².